The summed E-state index contributed by atoms with van der Waals surface area (Å²) in [5.41, 5.74) is 5.29. The van der Waals surface area contributed by atoms with Crippen LogP contribution >= 0.6 is 24.0 Å². The summed E-state index contributed by atoms with van der Waals surface area (Å²) in [7, 11) is 0. The van der Waals surface area contributed by atoms with Gasteiger partial charge in [-0.05, 0) is 57.2 Å². The van der Waals surface area contributed by atoms with Crippen molar-refractivity contribution in [2.24, 2.45) is 5.73 Å². The first-order valence-electron chi connectivity index (χ1n) is 9.48. The van der Waals surface area contributed by atoms with Crippen LogP contribution in [0.4, 0.5) is 0 Å². The molecule has 168 valence electrons. The van der Waals surface area contributed by atoms with Crippen LogP contribution in [-0.2, 0) is 9.53 Å². The average molecular weight is 468 g/mol. The largest absolute Gasteiger partial charge is 0.442 e. The highest BCUT2D eigenvalue weighted by molar-refractivity contribution is 6.30. The van der Waals surface area contributed by atoms with Crippen molar-refractivity contribution in [3.8, 4) is 0 Å². The molecule has 7 nitrogen and oxygen atoms in total. The Morgan fingerprint density at radius 1 is 0.935 bits per heavy atom. The molecule has 2 aromatic rings. The Bertz CT molecular complexity index is 884. The summed E-state index contributed by atoms with van der Waals surface area (Å²) >= 11 is 5.93. The molecule has 0 aliphatic heterocycles. The monoisotopic (exact) mass is 467 g/mol. The van der Waals surface area contributed by atoms with E-state index in [1.807, 2.05) is 0 Å². The fourth-order valence-electron chi connectivity index (χ4n) is 2.75. The van der Waals surface area contributed by atoms with Gasteiger partial charge in [0.05, 0.1) is 12.0 Å². The molecule has 0 aliphatic carbocycles. The molecule has 0 spiro atoms. The van der Waals surface area contributed by atoms with E-state index in [2.05, 4.69) is 0 Å². The summed E-state index contributed by atoms with van der Waals surface area (Å²) in [5, 5.41) is 2.91. The Morgan fingerprint density at radius 3 is 2.00 bits per heavy atom. The van der Waals surface area contributed by atoms with Crippen molar-refractivity contribution < 1.29 is 19.1 Å². The molecule has 0 aromatic heterocycles. The standard InChI is InChI=1S/C22H26ClN3O4.ClH/c1-22(2,3)26(21(29)16-7-5-4-6-8-16)25(15-30-19(27)13-14-24)20(28)17-9-11-18(23)12-10-17;/h4-12H,13-15,24H2,1-3H3;1H. The molecule has 0 heterocycles. The minimum absolute atomic E-state index is 0. The van der Waals surface area contributed by atoms with Gasteiger partial charge in [0, 0.05) is 22.7 Å². The molecule has 2 rings (SSSR count). The van der Waals surface area contributed by atoms with Gasteiger partial charge >= 0.3 is 5.97 Å². The second kappa shape index (κ2) is 11.7. The van der Waals surface area contributed by atoms with Gasteiger partial charge in [-0.3, -0.25) is 14.4 Å². The van der Waals surface area contributed by atoms with Crippen LogP contribution in [0.5, 0.6) is 0 Å². The predicted octanol–water partition coefficient (Wildman–Crippen LogP) is 3.91. The number of ether oxygens (including phenoxy) is 1. The van der Waals surface area contributed by atoms with Crippen LogP contribution in [0.3, 0.4) is 0 Å². The molecular formula is C22H27Cl2N3O4. The molecule has 2 aromatic carbocycles. The van der Waals surface area contributed by atoms with Gasteiger partial charge in [-0.1, -0.05) is 29.8 Å². The number of benzene rings is 2. The number of hydrogen-bond donors (Lipinski definition) is 1. The molecule has 0 aliphatic rings. The SMILES string of the molecule is CC(C)(C)N(C(=O)c1ccccc1)N(COC(=O)CCN)C(=O)c1ccc(Cl)cc1.Cl. The Morgan fingerprint density at radius 2 is 1.48 bits per heavy atom. The zero-order valence-electron chi connectivity index (χ0n) is 17.7. The van der Waals surface area contributed by atoms with E-state index in [4.69, 9.17) is 22.1 Å². The molecule has 0 radical (unpaired) electrons. The number of nitrogens with zero attached hydrogens (tertiary/aromatic N) is 2. The van der Waals surface area contributed by atoms with E-state index in [0.717, 1.165) is 5.01 Å². The minimum Gasteiger partial charge on any atom is -0.442 e. The summed E-state index contributed by atoms with van der Waals surface area (Å²) in [4.78, 5) is 38.6. The van der Waals surface area contributed by atoms with Crippen LogP contribution in [0.2, 0.25) is 5.02 Å². The van der Waals surface area contributed by atoms with E-state index in [1.165, 1.54) is 5.01 Å². The summed E-state index contributed by atoms with van der Waals surface area (Å²) in [6.45, 7) is 5.05. The van der Waals surface area contributed by atoms with Gasteiger partial charge in [0.1, 0.15) is 0 Å². The third-order valence-electron chi connectivity index (χ3n) is 4.11. The molecule has 0 unspecified atom stereocenters. The summed E-state index contributed by atoms with van der Waals surface area (Å²) in [6.07, 6.45) is 0.00508. The van der Waals surface area contributed by atoms with Crippen molar-refractivity contribution in [3.63, 3.8) is 0 Å². The van der Waals surface area contributed by atoms with Crippen LogP contribution in [0, 0.1) is 0 Å². The molecule has 2 amide bonds. The van der Waals surface area contributed by atoms with Crippen LogP contribution in [0.15, 0.2) is 54.6 Å². The molecule has 0 saturated carbocycles. The van der Waals surface area contributed by atoms with Crippen molar-refractivity contribution >= 4 is 41.8 Å². The van der Waals surface area contributed by atoms with Gasteiger partial charge in [-0.2, -0.15) is 0 Å². The quantitative estimate of drug-likeness (QED) is 0.394. The highest BCUT2D eigenvalue weighted by atomic mass is 35.5. The van der Waals surface area contributed by atoms with Gasteiger partial charge in [0.25, 0.3) is 11.8 Å². The van der Waals surface area contributed by atoms with Gasteiger partial charge < -0.3 is 10.5 Å². The van der Waals surface area contributed by atoms with Crippen LogP contribution in [0.25, 0.3) is 0 Å². The molecule has 31 heavy (non-hydrogen) atoms. The van der Waals surface area contributed by atoms with E-state index in [9.17, 15) is 14.4 Å². The first kappa shape index (κ1) is 26.4. The Kier molecular flexibility index (Phi) is 9.97. The maximum Gasteiger partial charge on any atom is 0.308 e. The number of hydrogen-bond acceptors (Lipinski definition) is 5. The molecule has 0 atom stereocenters. The third-order valence-corrected chi connectivity index (χ3v) is 4.36. The molecule has 2 N–H and O–H groups in total. The molecule has 0 saturated heterocycles. The fourth-order valence-corrected chi connectivity index (χ4v) is 2.88. The smallest absolute Gasteiger partial charge is 0.308 e. The second-order valence-electron chi connectivity index (χ2n) is 7.55. The summed E-state index contributed by atoms with van der Waals surface area (Å²) in [5.74, 6) is -1.47. The van der Waals surface area contributed by atoms with Gasteiger partial charge in [0.2, 0.25) is 0 Å². The summed E-state index contributed by atoms with van der Waals surface area (Å²) in [6, 6.07) is 14.8. The highest BCUT2D eigenvalue weighted by Crippen LogP contribution is 2.23. The zero-order valence-corrected chi connectivity index (χ0v) is 19.3. The minimum atomic E-state index is -0.796. The van der Waals surface area contributed by atoms with Crippen molar-refractivity contribution in [1.29, 1.82) is 0 Å². The van der Waals surface area contributed by atoms with E-state index >= 15 is 0 Å². The van der Waals surface area contributed by atoms with Crippen LogP contribution < -0.4 is 5.73 Å². The summed E-state index contributed by atoms with van der Waals surface area (Å²) < 4.78 is 5.24. The normalized spacial score (nSPS) is 10.6. The maximum atomic E-state index is 13.3. The van der Waals surface area contributed by atoms with Crippen molar-refractivity contribution in [1.82, 2.24) is 10.0 Å². The van der Waals surface area contributed by atoms with Gasteiger partial charge in [-0.15, -0.1) is 12.4 Å². The van der Waals surface area contributed by atoms with Gasteiger partial charge in [0.15, 0.2) is 6.73 Å². The maximum absolute atomic E-state index is 13.3. The first-order chi connectivity index (χ1) is 14.1. The van der Waals surface area contributed by atoms with Crippen molar-refractivity contribution in [2.45, 2.75) is 32.7 Å². The first-order valence-corrected chi connectivity index (χ1v) is 9.85. The number of amides is 2. The van der Waals surface area contributed by atoms with Crippen LogP contribution in [0.1, 0.15) is 47.9 Å². The Labute approximate surface area is 193 Å². The lowest BCUT2D eigenvalue weighted by Crippen LogP contribution is -2.58. The lowest BCUT2D eigenvalue weighted by atomic mass is 10.1. The highest BCUT2D eigenvalue weighted by Gasteiger charge is 2.36. The lowest BCUT2D eigenvalue weighted by Gasteiger charge is -2.42. The molecule has 0 fully saturated rings. The number of nitrogens with two attached hydrogens (primary N) is 1. The number of hydrazine groups is 1. The van der Waals surface area contributed by atoms with E-state index in [0.29, 0.717) is 16.1 Å². The van der Waals surface area contributed by atoms with E-state index in [-0.39, 0.29) is 25.4 Å². The predicted molar refractivity (Wildman–Crippen MR) is 122 cm³/mol. The lowest BCUT2D eigenvalue weighted by molar-refractivity contribution is -0.156. The topological polar surface area (TPSA) is 92.9 Å². The van der Waals surface area contributed by atoms with Crippen LogP contribution in [-0.4, -0.2) is 46.6 Å². The Balaban J connectivity index is 0.00000480. The third kappa shape index (κ3) is 7.24. The second-order valence-corrected chi connectivity index (χ2v) is 7.99. The molecular weight excluding hydrogens is 441 g/mol. The average Bonchev–Trinajstić information content (AvgIpc) is 2.70. The fraction of sp³-hybridized carbons (Fsp3) is 0.318. The Hall–Kier alpha value is -2.61. The number of carbonyl (C=O) groups excluding carboxylic acids is 3. The van der Waals surface area contributed by atoms with Crippen molar-refractivity contribution in [2.75, 3.05) is 13.3 Å². The van der Waals surface area contributed by atoms with Gasteiger partial charge in [-0.25, -0.2) is 10.0 Å². The van der Waals surface area contributed by atoms with Crippen molar-refractivity contribution in [3.05, 3.63) is 70.7 Å². The van der Waals surface area contributed by atoms with E-state index in [1.54, 1.807) is 75.4 Å². The number of carbonyl (C=O) groups is 3. The zero-order chi connectivity index (χ0) is 22.3. The number of halogens is 2. The number of esters is 1. The van der Waals surface area contributed by atoms with E-state index < -0.39 is 30.1 Å². The number of rotatable bonds is 6. The molecule has 0 bridgehead atoms. The molecule has 9 heteroatoms.